The van der Waals surface area contributed by atoms with Crippen molar-refractivity contribution in [2.45, 2.75) is 19.9 Å². The van der Waals surface area contributed by atoms with Gasteiger partial charge >= 0.3 is 5.97 Å². The number of hydrogen-bond donors (Lipinski definition) is 3. The first-order valence-corrected chi connectivity index (χ1v) is 8.04. The van der Waals surface area contributed by atoms with Crippen molar-refractivity contribution < 1.29 is 15.0 Å². The lowest BCUT2D eigenvalue weighted by Crippen LogP contribution is -2.30. The predicted octanol–water partition coefficient (Wildman–Crippen LogP) is 2.52. The predicted molar refractivity (Wildman–Crippen MR) is 94.7 cm³/mol. The van der Waals surface area contributed by atoms with Gasteiger partial charge in [0.1, 0.15) is 0 Å². The van der Waals surface area contributed by atoms with E-state index in [1.165, 1.54) is 0 Å². The zero-order valence-corrected chi connectivity index (χ0v) is 14.0. The molecule has 0 saturated carbocycles. The molecule has 0 fully saturated rings. The van der Waals surface area contributed by atoms with Crippen molar-refractivity contribution >= 4 is 17.4 Å². The first-order valence-electron chi connectivity index (χ1n) is 8.04. The lowest BCUT2D eigenvalue weighted by molar-refractivity contribution is 0.0697. The fraction of sp³-hybridized carbons (Fsp3) is 0.278. The number of carboxylic acid groups (broad SMARTS) is 1. The lowest BCUT2D eigenvalue weighted by atomic mass is 10.1. The van der Waals surface area contributed by atoms with Crippen LogP contribution in [0.4, 0.5) is 5.82 Å². The van der Waals surface area contributed by atoms with Gasteiger partial charge in [-0.2, -0.15) is 0 Å². The Hall–Kier alpha value is -2.93. The van der Waals surface area contributed by atoms with Crippen LogP contribution in [0.5, 0.6) is 0 Å². The molecule has 25 heavy (non-hydrogen) atoms. The highest BCUT2D eigenvalue weighted by molar-refractivity contribution is 5.88. The molecule has 0 spiro atoms. The van der Waals surface area contributed by atoms with Gasteiger partial charge in [0.15, 0.2) is 11.5 Å². The summed E-state index contributed by atoms with van der Waals surface area (Å²) in [5.41, 5.74) is 2.38. The maximum atomic E-state index is 11.0. The van der Waals surface area contributed by atoms with Crippen molar-refractivity contribution in [1.29, 1.82) is 0 Å². The summed E-state index contributed by atoms with van der Waals surface area (Å²) in [5.74, 6) is -0.160. The van der Waals surface area contributed by atoms with Crippen LogP contribution in [-0.2, 0) is 0 Å². The lowest BCUT2D eigenvalue weighted by Gasteiger charge is -2.21. The number of nitrogens with zero attached hydrogens (tertiary/aromatic N) is 3. The summed E-state index contributed by atoms with van der Waals surface area (Å²) in [4.78, 5) is 20.0. The van der Waals surface area contributed by atoms with E-state index in [9.17, 15) is 9.90 Å². The third kappa shape index (κ3) is 3.46. The highest BCUT2D eigenvalue weighted by atomic mass is 16.4. The average molecular weight is 340 g/mol. The normalized spacial score (nSPS) is 12.5. The Labute approximate surface area is 145 Å². The second-order valence-corrected chi connectivity index (χ2v) is 6.19. The Kier molecular flexibility index (Phi) is 4.67. The molecular weight excluding hydrogens is 320 g/mol. The summed E-state index contributed by atoms with van der Waals surface area (Å²) >= 11 is 0. The number of aromatic nitrogens is 3. The van der Waals surface area contributed by atoms with Gasteiger partial charge in [0.2, 0.25) is 0 Å². The Morgan fingerprint density at radius 3 is 2.60 bits per heavy atom. The standard InChI is InChI=1S/C18H20N4O3/c1-11(2)15(10-23)21-16-17-19-7-8-22(17)9-14(20-16)12-3-5-13(6-4-12)18(24)25/h3-9,11,15,23H,10H2,1-2H3,(H,20,21)(H,24,25)/t15-/m0/s1. The van der Waals surface area contributed by atoms with Crippen LogP contribution in [-0.4, -0.2) is 43.2 Å². The van der Waals surface area contributed by atoms with E-state index in [-0.39, 0.29) is 24.1 Å². The van der Waals surface area contributed by atoms with Gasteiger partial charge in [-0.05, 0) is 18.1 Å². The quantitative estimate of drug-likeness (QED) is 0.638. The van der Waals surface area contributed by atoms with E-state index < -0.39 is 5.97 Å². The maximum Gasteiger partial charge on any atom is 0.335 e. The molecule has 0 aliphatic carbocycles. The van der Waals surface area contributed by atoms with Crippen LogP contribution in [0.15, 0.2) is 42.9 Å². The molecular formula is C18H20N4O3. The number of aromatic carboxylic acids is 1. The zero-order chi connectivity index (χ0) is 18.0. The molecule has 7 heteroatoms. The highest BCUT2D eigenvalue weighted by Gasteiger charge is 2.16. The summed E-state index contributed by atoms with van der Waals surface area (Å²) in [6.07, 6.45) is 5.34. The third-order valence-corrected chi connectivity index (χ3v) is 4.13. The van der Waals surface area contributed by atoms with E-state index >= 15 is 0 Å². The molecule has 0 aliphatic rings. The molecule has 0 amide bonds. The summed E-state index contributed by atoms with van der Waals surface area (Å²) < 4.78 is 1.85. The van der Waals surface area contributed by atoms with Crippen LogP contribution in [0.25, 0.3) is 16.9 Å². The van der Waals surface area contributed by atoms with Crippen molar-refractivity contribution in [3.8, 4) is 11.3 Å². The molecule has 0 aliphatic heterocycles. The van der Waals surface area contributed by atoms with Gasteiger partial charge in [0.05, 0.1) is 23.9 Å². The minimum absolute atomic E-state index is 0.0102. The molecule has 130 valence electrons. The van der Waals surface area contributed by atoms with Crippen LogP contribution in [0.2, 0.25) is 0 Å². The van der Waals surface area contributed by atoms with Crippen LogP contribution >= 0.6 is 0 Å². The topological polar surface area (TPSA) is 99.8 Å². The van der Waals surface area contributed by atoms with Gasteiger partial charge in [0.25, 0.3) is 0 Å². The Morgan fingerprint density at radius 2 is 2.00 bits per heavy atom. The van der Waals surface area contributed by atoms with Crippen molar-refractivity contribution in [2.75, 3.05) is 11.9 Å². The van der Waals surface area contributed by atoms with E-state index in [1.54, 1.807) is 30.5 Å². The minimum atomic E-state index is -0.963. The minimum Gasteiger partial charge on any atom is -0.478 e. The van der Waals surface area contributed by atoms with Crippen LogP contribution < -0.4 is 5.32 Å². The molecule has 2 aromatic heterocycles. The van der Waals surface area contributed by atoms with E-state index in [0.29, 0.717) is 17.2 Å². The number of rotatable bonds is 6. The second-order valence-electron chi connectivity index (χ2n) is 6.19. The van der Waals surface area contributed by atoms with Gasteiger partial charge in [-0.15, -0.1) is 0 Å². The SMILES string of the molecule is CC(C)[C@H](CO)Nc1nc(-c2ccc(C(=O)O)cc2)cn2ccnc12. The molecule has 1 atom stereocenters. The number of hydrogen-bond acceptors (Lipinski definition) is 5. The van der Waals surface area contributed by atoms with E-state index in [0.717, 1.165) is 5.56 Å². The van der Waals surface area contributed by atoms with Gasteiger partial charge in [-0.3, -0.25) is 0 Å². The van der Waals surface area contributed by atoms with Gasteiger partial charge in [-0.1, -0.05) is 26.0 Å². The third-order valence-electron chi connectivity index (χ3n) is 4.13. The highest BCUT2D eigenvalue weighted by Crippen LogP contribution is 2.23. The van der Waals surface area contributed by atoms with Gasteiger partial charge < -0.3 is 19.9 Å². The molecule has 0 unspecified atom stereocenters. The van der Waals surface area contributed by atoms with Crippen LogP contribution in [0.1, 0.15) is 24.2 Å². The first kappa shape index (κ1) is 16.9. The summed E-state index contributed by atoms with van der Waals surface area (Å²) in [7, 11) is 0. The van der Waals surface area contributed by atoms with Gasteiger partial charge in [0, 0.05) is 24.2 Å². The Bertz CT molecular complexity index is 887. The number of carbonyl (C=O) groups is 1. The number of carboxylic acids is 1. The van der Waals surface area contributed by atoms with Gasteiger partial charge in [-0.25, -0.2) is 14.8 Å². The van der Waals surface area contributed by atoms with Crippen molar-refractivity contribution in [3.05, 3.63) is 48.4 Å². The van der Waals surface area contributed by atoms with Crippen molar-refractivity contribution in [1.82, 2.24) is 14.4 Å². The second kappa shape index (κ2) is 6.90. The van der Waals surface area contributed by atoms with Crippen LogP contribution in [0.3, 0.4) is 0 Å². The smallest absolute Gasteiger partial charge is 0.335 e. The monoisotopic (exact) mass is 340 g/mol. The fourth-order valence-electron chi connectivity index (χ4n) is 2.55. The number of aliphatic hydroxyl groups is 1. The van der Waals surface area contributed by atoms with E-state index in [1.807, 2.05) is 30.6 Å². The molecule has 1 aromatic carbocycles. The zero-order valence-electron chi connectivity index (χ0n) is 14.0. The Morgan fingerprint density at radius 1 is 1.28 bits per heavy atom. The largest absolute Gasteiger partial charge is 0.478 e. The first-order chi connectivity index (χ1) is 12.0. The molecule has 3 aromatic rings. The summed E-state index contributed by atoms with van der Waals surface area (Å²) in [5, 5.41) is 21.9. The number of nitrogens with one attached hydrogen (secondary N) is 1. The van der Waals surface area contributed by atoms with E-state index in [4.69, 9.17) is 5.11 Å². The number of imidazole rings is 1. The number of benzene rings is 1. The molecule has 0 bridgehead atoms. The number of aliphatic hydroxyl groups excluding tert-OH is 1. The molecule has 3 rings (SSSR count). The molecule has 2 heterocycles. The molecule has 7 nitrogen and oxygen atoms in total. The van der Waals surface area contributed by atoms with Crippen molar-refractivity contribution in [3.63, 3.8) is 0 Å². The Balaban J connectivity index is 2.03. The fourth-order valence-corrected chi connectivity index (χ4v) is 2.55. The molecule has 3 N–H and O–H groups in total. The summed E-state index contributed by atoms with van der Waals surface area (Å²) in [6.45, 7) is 4.03. The van der Waals surface area contributed by atoms with Crippen LogP contribution in [0, 0.1) is 5.92 Å². The summed E-state index contributed by atoms with van der Waals surface area (Å²) in [6, 6.07) is 6.41. The number of fused-ring (bicyclic) bond motifs is 1. The van der Waals surface area contributed by atoms with Crippen molar-refractivity contribution in [2.24, 2.45) is 5.92 Å². The average Bonchev–Trinajstić information content (AvgIpc) is 3.08. The van der Waals surface area contributed by atoms with E-state index in [2.05, 4.69) is 15.3 Å². The maximum absolute atomic E-state index is 11.0. The number of anilines is 1. The molecule has 0 saturated heterocycles. The molecule has 0 radical (unpaired) electrons.